The number of alkyl halides is 3. The Bertz CT molecular complexity index is 530. The van der Waals surface area contributed by atoms with Crippen LogP contribution in [0, 0.1) is 0 Å². The number of amides is 1. The monoisotopic (exact) mass is 331 g/mol. The highest BCUT2D eigenvalue weighted by atomic mass is 19.4. The fraction of sp³-hybridized carbons (Fsp3) is 0.500. The fourth-order valence-electron chi connectivity index (χ4n) is 1.94. The molecule has 128 valence electrons. The summed E-state index contributed by atoms with van der Waals surface area (Å²) in [4.78, 5) is 23.2. The lowest BCUT2D eigenvalue weighted by Gasteiger charge is -2.12. The molecule has 0 heterocycles. The van der Waals surface area contributed by atoms with Crippen molar-refractivity contribution >= 4 is 11.9 Å². The molecular weight excluding hydrogens is 311 g/mol. The molecule has 0 radical (unpaired) electrons. The lowest BCUT2D eigenvalue weighted by Crippen LogP contribution is -2.32. The molecule has 1 rings (SSSR count). The number of rotatable bonds is 8. The van der Waals surface area contributed by atoms with Crippen molar-refractivity contribution in [3.05, 3.63) is 35.4 Å². The molecular formula is C16H20F3NO3. The third-order valence-corrected chi connectivity index (χ3v) is 3.13. The Morgan fingerprint density at radius 2 is 1.83 bits per heavy atom. The molecule has 23 heavy (non-hydrogen) atoms. The van der Waals surface area contributed by atoms with Gasteiger partial charge in [-0.15, -0.1) is 0 Å². The second-order valence-electron chi connectivity index (χ2n) is 5.01. The highest BCUT2D eigenvalue weighted by molar-refractivity contribution is 5.97. The van der Waals surface area contributed by atoms with Crippen LogP contribution in [0.1, 0.15) is 48.5 Å². The Hall–Kier alpha value is -2.05. The number of halogens is 3. The van der Waals surface area contributed by atoms with Gasteiger partial charge < -0.3 is 10.1 Å². The number of hydrogen-bond donors (Lipinski definition) is 1. The van der Waals surface area contributed by atoms with Crippen molar-refractivity contribution in [1.29, 1.82) is 0 Å². The number of carbonyl (C=O) groups excluding carboxylic acids is 2. The van der Waals surface area contributed by atoms with E-state index < -0.39 is 35.7 Å². The molecule has 0 fully saturated rings. The van der Waals surface area contributed by atoms with Crippen LogP contribution in [0.2, 0.25) is 0 Å². The smallest absolute Gasteiger partial charge is 0.417 e. The lowest BCUT2D eigenvalue weighted by atomic mass is 10.1. The summed E-state index contributed by atoms with van der Waals surface area (Å²) in [5.74, 6) is -1.62. The molecule has 0 aliphatic carbocycles. The van der Waals surface area contributed by atoms with Gasteiger partial charge in [0.15, 0.2) is 0 Å². The minimum absolute atomic E-state index is 0.244. The van der Waals surface area contributed by atoms with Crippen LogP contribution >= 0.6 is 0 Å². The Morgan fingerprint density at radius 1 is 1.13 bits per heavy atom. The molecule has 0 aliphatic heterocycles. The molecule has 4 nitrogen and oxygen atoms in total. The van der Waals surface area contributed by atoms with E-state index in [9.17, 15) is 22.8 Å². The quantitative estimate of drug-likeness (QED) is 0.585. The summed E-state index contributed by atoms with van der Waals surface area (Å²) < 4.78 is 43.3. The number of benzene rings is 1. The maximum absolute atomic E-state index is 12.8. The second-order valence-corrected chi connectivity index (χ2v) is 5.01. The van der Waals surface area contributed by atoms with Crippen LogP contribution in [-0.2, 0) is 15.7 Å². The molecule has 1 N–H and O–H groups in total. The predicted octanol–water partition coefficient (Wildman–Crippen LogP) is 3.56. The lowest BCUT2D eigenvalue weighted by molar-refractivity contribution is -0.142. The van der Waals surface area contributed by atoms with Crippen molar-refractivity contribution in [2.75, 3.05) is 13.2 Å². The number of ether oxygens (including phenoxy) is 1. The zero-order valence-corrected chi connectivity index (χ0v) is 12.9. The summed E-state index contributed by atoms with van der Waals surface area (Å²) in [7, 11) is 0. The van der Waals surface area contributed by atoms with E-state index in [1.165, 1.54) is 12.1 Å². The van der Waals surface area contributed by atoms with E-state index in [0.29, 0.717) is 0 Å². The molecule has 0 aliphatic rings. The van der Waals surface area contributed by atoms with Gasteiger partial charge in [0.05, 0.1) is 17.7 Å². The van der Waals surface area contributed by atoms with Crippen LogP contribution in [0.25, 0.3) is 0 Å². The van der Waals surface area contributed by atoms with Crippen LogP contribution in [-0.4, -0.2) is 25.0 Å². The van der Waals surface area contributed by atoms with Crippen LogP contribution < -0.4 is 5.32 Å². The second kappa shape index (κ2) is 9.17. The van der Waals surface area contributed by atoms with E-state index in [2.05, 4.69) is 12.2 Å². The normalized spacial score (nSPS) is 11.1. The highest BCUT2D eigenvalue weighted by Crippen LogP contribution is 2.31. The van der Waals surface area contributed by atoms with Crippen molar-refractivity contribution in [3.63, 3.8) is 0 Å². The summed E-state index contributed by atoms with van der Waals surface area (Å²) in [5, 5.41) is 2.15. The van der Waals surface area contributed by atoms with Gasteiger partial charge in [0.1, 0.15) is 6.54 Å². The van der Waals surface area contributed by atoms with Crippen molar-refractivity contribution in [2.45, 2.75) is 38.8 Å². The molecule has 1 aromatic rings. The van der Waals surface area contributed by atoms with E-state index in [1.54, 1.807) is 0 Å². The Balaban J connectivity index is 2.47. The largest absolute Gasteiger partial charge is 0.464 e. The molecule has 0 bridgehead atoms. The first kappa shape index (κ1) is 19.0. The van der Waals surface area contributed by atoms with Gasteiger partial charge >= 0.3 is 12.1 Å². The average molecular weight is 331 g/mol. The van der Waals surface area contributed by atoms with Gasteiger partial charge in [-0.25, -0.2) is 0 Å². The van der Waals surface area contributed by atoms with Gasteiger partial charge in [0, 0.05) is 0 Å². The number of nitrogens with one attached hydrogen (secondary N) is 1. The van der Waals surface area contributed by atoms with Gasteiger partial charge in [-0.3, -0.25) is 9.59 Å². The topological polar surface area (TPSA) is 55.4 Å². The third kappa shape index (κ3) is 6.71. The van der Waals surface area contributed by atoms with E-state index in [1.807, 2.05) is 0 Å². The van der Waals surface area contributed by atoms with Gasteiger partial charge in [-0.1, -0.05) is 38.3 Å². The third-order valence-electron chi connectivity index (χ3n) is 3.13. The van der Waals surface area contributed by atoms with Gasteiger partial charge in [0.2, 0.25) is 0 Å². The summed E-state index contributed by atoms with van der Waals surface area (Å²) in [5.41, 5.74) is -1.55. The van der Waals surface area contributed by atoms with Gasteiger partial charge in [0.25, 0.3) is 5.91 Å². The van der Waals surface area contributed by atoms with Crippen molar-refractivity contribution in [1.82, 2.24) is 5.32 Å². The molecule has 0 spiro atoms. The minimum Gasteiger partial charge on any atom is -0.464 e. The number of hydrogen-bond acceptors (Lipinski definition) is 3. The standard InChI is InChI=1S/C16H20F3NO3/c1-2-3-4-7-10-23-14(21)11-20-15(22)12-8-5-6-9-13(12)16(17,18)19/h5-6,8-9H,2-4,7,10-11H2,1H3,(H,20,22). The van der Waals surface area contributed by atoms with E-state index in [0.717, 1.165) is 37.8 Å². The summed E-state index contributed by atoms with van der Waals surface area (Å²) >= 11 is 0. The zero-order chi connectivity index (χ0) is 17.3. The summed E-state index contributed by atoms with van der Waals surface area (Å²) in [6.45, 7) is 1.84. The van der Waals surface area contributed by atoms with Crippen LogP contribution in [0.5, 0.6) is 0 Å². The molecule has 0 aromatic heterocycles. The Labute approximate surface area is 133 Å². The molecule has 1 aromatic carbocycles. The van der Waals surface area contributed by atoms with E-state index in [4.69, 9.17) is 4.74 Å². The zero-order valence-electron chi connectivity index (χ0n) is 12.9. The first-order chi connectivity index (χ1) is 10.9. The SMILES string of the molecule is CCCCCCOC(=O)CNC(=O)c1ccccc1C(F)(F)F. The summed E-state index contributed by atoms with van der Waals surface area (Å²) in [6.07, 6.45) is -0.863. The Kier molecular flexibility index (Phi) is 7.57. The number of unbranched alkanes of at least 4 members (excludes halogenated alkanes) is 3. The predicted molar refractivity (Wildman–Crippen MR) is 78.9 cm³/mol. The number of esters is 1. The first-order valence-corrected chi connectivity index (χ1v) is 7.46. The van der Waals surface area contributed by atoms with Crippen LogP contribution in [0.3, 0.4) is 0 Å². The van der Waals surface area contributed by atoms with Crippen LogP contribution in [0.15, 0.2) is 24.3 Å². The first-order valence-electron chi connectivity index (χ1n) is 7.46. The van der Waals surface area contributed by atoms with Crippen molar-refractivity contribution < 1.29 is 27.5 Å². The highest BCUT2D eigenvalue weighted by Gasteiger charge is 2.34. The molecule has 0 unspecified atom stereocenters. The Morgan fingerprint density at radius 3 is 2.48 bits per heavy atom. The van der Waals surface area contributed by atoms with Gasteiger partial charge in [-0.2, -0.15) is 13.2 Å². The molecule has 1 amide bonds. The summed E-state index contributed by atoms with van der Waals surface area (Å²) in [6, 6.07) is 4.41. The molecule has 0 saturated heterocycles. The molecule has 0 saturated carbocycles. The minimum atomic E-state index is -4.63. The molecule has 7 heteroatoms. The van der Waals surface area contributed by atoms with E-state index in [-0.39, 0.29) is 6.61 Å². The van der Waals surface area contributed by atoms with Crippen molar-refractivity contribution in [3.8, 4) is 0 Å². The average Bonchev–Trinajstić information content (AvgIpc) is 2.51. The molecule has 0 atom stereocenters. The van der Waals surface area contributed by atoms with Gasteiger partial charge in [-0.05, 0) is 18.6 Å². The fourth-order valence-corrected chi connectivity index (χ4v) is 1.94. The van der Waals surface area contributed by atoms with E-state index >= 15 is 0 Å². The van der Waals surface area contributed by atoms with Crippen molar-refractivity contribution in [2.24, 2.45) is 0 Å². The maximum atomic E-state index is 12.8. The van der Waals surface area contributed by atoms with Crippen LogP contribution in [0.4, 0.5) is 13.2 Å². The number of carbonyl (C=O) groups is 2. The maximum Gasteiger partial charge on any atom is 0.417 e.